The molecule has 2 atom stereocenters. The van der Waals surface area contributed by atoms with E-state index in [1.807, 2.05) is 18.7 Å². The maximum absolute atomic E-state index is 13.0. The van der Waals surface area contributed by atoms with E-state index < -0.39 is 0 Å². The van der Waals surface area contributed by atoms with Crippen LogP contribution in [0.15, 0.2) is 24.3 Å². The van der Waals surface area contributed by atoms with Crippen molar-refractivity contribution in [2.75, 3.05) is 27.2 Å². The third-order valence-corrected chi connectivity index (χ3v) is 3.35. The lowest BCUT2D eigenvalue weighted by atomic mass is 9.99. The summed E-state index contributed by atoms with van der Waals surface area (Å²) in [5.41, 5.74) is 7.00. The van der Waals surface area contributed by atoms with Gasteiger partial charge >= 0.3 is 0 Å². The summed E-state index contributed by atoms with van der Waals surface area (Å²) in [6.07, 6.45) is 0. The molecule has 20 heavy (non-hydrogen) atoms. The Morgan fingerprint density at radius 3 is 2.25 bits per heavy atom. The third-order valence-electron chi connectivity index (χ3n) is 3.35. The lowest BCUT2D eigenvalue weighted by Crippen LogP contribution is -2.44. The fraction of sp³-hybridized carbons (Fsp3) is 0.533. The van der Waals surface area contributed by atoms with Crippen LogP contribution in [0.5, 0.6) is 0 Å². The maximum Gasteiger partial charge on any atom is 0.236 e. The molecule has 0 spiro atoms. The molecule has 0 aliphatic rings. The summed E-state index contributed by atoms with van der Waals surface area (Å²) in [7, 11) is 3.46. The number of carbonyl (C=O) groups is 1. The molecule has 2 N–H and O–H groups in total. The highest BCUT2D eigenvalue weighted by atomic mass is 19.1. The SMILES string of the molecule is CCN(CC(=O)N(C)C)C(c1ccc(F)cc1)C(C)N. The van der Waals surface area contributed by atoms with Crippen molar-refractivity contribution in [1.29, 1.82) is 0 Å². The van der Waals surface area contributed by atoms with E-state index in [1.54, 1.807) is 31.1 Å². The van der Waals surface area contributed by atoms with Crippen molar-refractivity contribution >= 4 is 5.91 Å². The Labute approximate surface area is 120 Å². The Morgan fingerprint density at radius 1 is 1.30 bits per heavy atom. The highest BCUT2D eigenvalue weighted by Crippen LogP contribution is 2.23. The zero-order valence-electron chi connectivity index (χ0n) is 12.6. The second-order valence-corrected chi connectivity index (χ2v) is 5.21. The summed E-state index contributed by atoms with van der Waals surface area (Å²) >= 11 is 0. The number of benzene rings is 1. The smallest absolute Gasteiger partial charge is 0.236 e. The van der Waals surface area contributed by atoms with Gasteiger partial charge in [0.05, 0.1) is 12.6 Å². The molecule has 5 heteroatoms. The zero-order chi connectivity index (χ0) is 15.3. The summed E-state index contributed by atoms with van der Waals surface area (Å²) in [6, 6.07) is 6.04. The van der Waals surface area contributed by atoms with Gasteiger partial charge in [-0.25, -0.2) is 4.39 Å². The molecule has 0 aliphatic carbocycles. The molecule has 0 heterocycles. The monoisotopic (exact) mass is 281 g/mol. The van der Waals surface area contributed by atoms with Gasteiger partial charge in [0, 0.05) is 20.1 Å². The Balaban J connectivity index is 2.98. The van der Waals surface area contributed by atoms with Crippen molar-refractivity contribution in [3.63, 3.8) is 0 Å². The van der Waals surface area contributed by atoms with Crippen LogP contribution in [0.2, 0.25) is 0 Å². The predicted molar refractivity (Wildman–Crippen MR) is 78.7 cm³/mol. The van der Waals surface area contributed by atoms with Gasteiger partial charge in [0.1, 0.15) is 5.82 Å². The van der Waals surface area contributed by atoms with Crippen molar-refractivity contribution in [2.45, 2.75) is 25.9 Å². The van der Waals surface area contributed by atoms with Gasteiger partial charge in [0.2, 0.25) is 5.91 Å². The molecule has 1 aromatic carbocycles. The average Bonchev–Trinajstić information content (AvgIpc) is 2.39. The first-order valence-electron chi connectivity index (χ1n) is 6.82. The maximum atomic E-state index is 13.0. The zero-order valence-corrected chi connectivity index (χ0v) is 12.6. The molecule has 1 aromatic rings. The van der Waals surface area contributed by atoms with E-state index in [9.17, 15) is 9.18 Å². The molecule has 0 saturated carbocycles. The van der Waals surface area contributed by atoms with Gasteiger partial charge in [-0.15, -0.1) is 0 Å². The van der Waals surface area contributed by atoms with Crippen LogP contribution in [-0.4, -0.2) is 48.9 Å². The van der Waals surface area contributed by atoms with E-state index >= 15 is 0 Å². The van der Waals surface area contributed by atoms with Crippen LogP contribution >= 0.6 is 0 Å². The first-order chi connectivity index (χ1) is 9.36. The van der Waals surface area contributed by atoms with E-state index in [1.165, 1.54) is 12.1 Å². The molecule has 1 rings (SSSR count). The van der Waals surface area contributed by atoms with E-state index in [-0.39, 0.29) is 23.8 Å². The van der Waals surface area contributed by atoms with E-state index in [4.69, 9.17) is 5.73 Å². The first-order valence-corrected chi connectivity index (χ1v) is 6.82. The highest BCUT2D eigenvalue weighted by molar-refractivity contribution is 5.77. The van der Waals surface area contributed by atoms with Gasteiger partial charge in [-0.3, -0.25) is 9.69 Å². The van der Waals surface area contributed by atoms with Gasteiger partial charge in [-0.2, -0.15) is 0 Å². The molecule has 2 unspecified atom stereocenters. The van der Waals surface area contributed by atoms with E-state index in [2.05, 4.69) is 0 Å². The molecule has 0 aromatic heterocycles. The molecule has 0 saturated heterocycles. The minimum Gasteiger partial charge on any atom is -0.348 e. The lowest BCUT2D eigenvalue weighted by molar-refractivity contribution is -0.130. The lowest BCUT2D eigenvalue weighted by Gasteiger charge is -2.34. The second-order valence-electron chi connectivity index (χ2n) is 5.21. The number of halogens is 1. The quantitative estimate of drug-likeness (QED) is 0.862. The Kier molecular flexibility index (Phi) is 6.10. The summed E-state index contributed by atoms with van der Waals surface area (Å²) in [5, 5.41) is 0. The minimum atomic E-state index is -0.274. The molecule has 0 radical (unpaired) electrons. The van der Waals surface area contributed by atoms with Crippen LogP contribution in [0.1, 0.15) is 25.5 Å². The Bertz CT molecular complexity index is 431. The molecular formula is C15H24FN3O. The third kappa shape index (κ3) is 4.28. The summed E-state index contributed by atoms with van der Waals surface area (Å²) < 4.78 is 13.0. The van der Waals surface area contributed by atoms with E-state index in [0.29, 0.717) is 13.1 Å². The fourth-order valence-corrected chi connectivity index (χ4v) is 2.23. The highest BCUT2D eigenvalue weighted by Gasteiger charge is 2.25. The summed E-state index contributed by atoms with van der Waals surface area (Å²) in [6.45, 7) is 4.88. The van der Waals surface area contributed by atoms with Gasteiger partial charge in [-0.1, -0.05) is 19.1 Å². The molecule has 0 bridgehead atoms. The van der Waals surface area contributed by atoms with Gasteiger partial charge in [-0.05, 0) is 31.2 Å². The predicted octanol–water partition coefficient (Wildman–Crippen LogP) is 1.62. The first kappa shape index (κ1) is 16.6. The van der Waals surface area contributed by atoms with Gasteiger partial charge in [0.25, 0.3) is 0 Å². The topological polar surface area (TPSA) is 49.6 Å². The molecule has 0 fully saturated rings. The summed E-state index contributed by atoms with van der Waals surface area (Å²) in [4.78, 5) is 15.5. The number of carbonyl (C=O) groups excluding carboxylic acids is 1. The van der Waals surface area contributed by atoms with Crippen LogP contribution in [-0.2, 0) is 4.79 Å². The number of amides is 1. The molecule has 4 nitrogen and oxygen atoms in total. The van der Waals surface area contributed by atoms with Crippen molar-refractivity contribution < 1.29 is 9.18 Å². The minimum absolute atomic E-state index is 0.0274. The fourth-order valence-electron chi connectivity index (χ4n) is 2.23. The number of likely N-dealkylation sites (N-methyl/N-ethyl adjacent to an activating group) is 2. The van der Waals surface area contributed by atoms with Crippen molar-refractivity contribution in [2.24, 2.45) is 5.73 Å². The second kappa shape index (κ2) is 7.36. The van der Waals surface area contributed by atoms with Crippen LogP contribution < -0.4 is 5.73 Å². The molecule has 0 aliphatic heterocycles. The number of hydrogen-bond donors (Lipinski definition) is 1. The molecule has 1 amide bonds. The van der Waals surface area contributed by atoms with Crippen LogP contribution in [0.4, 0.5) is 4.39 Å². The Morgan fingerprint density at radius 2 is 1.85 bits per heavy atom. The van der Waals surface area contributed by atoms with Gasteiger partial charge in [0.15, 0.2) is 0 Å². The van der Waals surface area contributed by atoms with Crippen LogP contribution in [0, 0.1) is 5.82 Å². The van der Waals surface area contributed by atoms with Crippen LogP contribution in [0.3, 0.4) is 0 Å². The van der Waals surface area contributed by atoms with Crippen molar-refractivity contribution in [3.8, 4) is 0 Å². The van der Waals surface area contributed by atoms with Crippen LogP contribution in [0.25, 0.3) is 0 Å². The average molecular weight is 281 g/mol. The molecular weight excluding hydrogens is 257 g/mol. The largest absolute Gasteiger partial charge is 0.348 e. The Hall–Kier alpha value is -1.46. The van der Waals surface area contributed by atoms with Gasteiger partial charge < -0.3 is 10.6 Å². The number of nitrogens with zero attached hydrogens (tertiary/aromatic N) is 2. The number of nitrogens with two attached hydrogens (primary N) is 1. The molecule has 112 valence electrons. The number of rotatable bonds is 6. The standard InChI is InChI=1S/C15H24FN3O/c1-5-19(10-14(20)18(3)4)15(11(2)17)12-6-8-13(16)9-7-12/h6-9,11,15H,5,10,17H2,1-4H3. The van der Waals surface area contributed by atoms with Crippen molar-refractivity contribution in [3.05, 3.63) is 35.6 Å². The summed E-state index contributed by atoms with van der Waals surface area (Å²) in [5.74, 6) is -0.246. The normalized spacial score (nSPS) is 14.2. The number of hydrogen-bond acceptors (Lipinski definition) is 3. The van der Waals surface area contributed by atoms with Crippen molar-refractivity contribution in [1.82, 2.24) is 9.80 Å². The van der Waals surface area contributed by atoms with E-state index in [0.717, 1.165) is 5.56 Å².